The van der Waals surface area contributed by atoms with Gasteiger partial charge in [0.15, 0.2) is 11.6 Å². The minimum absolute atomic E-state index is 0.238. The van der Waals surface area contributed by atoms with Gasteiger partial charge in [0.2, 0.25) is 0 Å². The zero-order chi connectivity index (χ0) is 16.5. The van der Waals surface area contributed by atoms with Crippen molar-refractivity contribution in [1.82, 2.24) is 9.97 Å². The van der Waals surface area contributed by atoms with Gasteiger partial charge < -0.3 is 4.90 Å². The number of rotatable bonds is 2. The largest absolute Gasteiger partial charge is 0.355 e. The van der Waals surface area contributed by atoms with Crippen molar-refractivity contribution < 1.29 is 8.78 Å². The van der Waals surface area contributed by atoms with E-state index in [4.69, 9.17) is 0 Å². The molecule has 4 rings (SSSR count). The van der Waals surface area contributed by atoms with Crippen LogP contribution < -0.4 is 4.90 Å². The van der Waals surface area contributed by atoms with Crippen LogP contribution in [0.15, 0.2) is 42.6 Å². The zero-order valence-corrected chi connectivity index (χ0v) is 13.2. The van der Waals surface area contributed by atoms with Gasteiger partial charge in [0, 0.05) is 18.7 Å². The average Bonchev–Trinajstić information content (AvgIpc) is 2.64. The molecule has 0 atom stereocenters. The second-order valence-electron chi connectivity index (χ2n) is 6.08. The van der Waals surface area contributed by atoms with E-state index in [1.54, 1.807) is 30.5 Å². The van der Waals surface area contributed by atoms with Gasteiger partial charge in [-0.25, -0.2) is 13.8 Å². The first-order chi connectivity index (χ1) is 11.7. The van der Waals surface area contributed by atoms with Gasteiger partial charge in [-0.2, -0.15) is 0 Å². The second kappa shape index (κ2) is 6.15. The van der Waals surface area contributed by atoms with Crippen molar-refractivity contribution >= 4 is 16.9 Å². The molecule has 0 spiro atoms. The lowest BCUT2D eigenvalue weighted by Gasteiger charge is -2.27. The highest BCUT2D eigenvalue weighted by Gasteiger charge is 2.14. The molecule has 2 aromatic carbocycles. The lowest BCUT2D eigenvalue weighted by Crippen LogP contribution is -2.30. The van der Waals surface area contributed by atoms with E-state index in [0.717, 1.165) is 43.3 Å². The first-order valence-corrected chi connectivity index (χ1v) is 8.18. The first-order valence-electron chi connectivity index (χ1n) is 8.18. The molecule has 3 aromatic rings. The molecule has 0 N–H and O–H groups in total. The van der Waals surface area contributed by atoms with Gasteiger partial charge in [-0.3, -0.25) is 4.98 Å². The molecule has 1 aliphatic rings. The van der Waals surface area contributed by atoms with E-state index < -0.39 is 11.6 Å². The van der Waals surface area contributed by atoms with Crippen molar-refractivity contribution in [3.8, 4) is 11.1 Å². The Hall–Kier alpha value is -2.56. The summed E-state index contributed by atoms with van der Waals surface area (Å²) in [5.41, 5.74) is 2.28. The van der Waals surface area contributed by atoms with Gasteiger partial charge in [0.1, 0.15) is 5.82 Å². The highest BCUT2D eigenvalue weighted by Crippen LogP contribution is 2.27. The number of hydrogen-bond donors (Lipinski definition) is 0. The fourth-order valence-corrected chi connectivity index (χ4v) is 3.17. The monoisotopic (exact) mass is 325 g/mol. The van der Waals surface area contributed by atoms with E-state index in [-0.39, 0.29) is 5.56 Å². The molecule has 24 heavy (non-hydrogen) atoms. The molecule has 1 fully saturated rings. The van der Waals surface area contributed by atoms with Crippen LogP contribution in [-0.4, -0.2) is 23.1 Å². The van der Waals surface area contributed by atoms with Gasteiger partial charge in [0.25, 0.3) is 0 Å². The smallest absolute Gasteiger partial charge is 0.166 e. The third kappa shape index (κ3) is 2.70. The molecule has 0 unspecified atom stereocenters. The predicted octanol–water partition coefficient (Wildman–Crippen LogP) is 4.57. The number of nitrogens with zero attached hydrogens (tertiary/aromatic N) is 3. The number of hydrogen-bond acceptors (Lipinski definition) is 3. The summed E-state index contributed by atoms with van der Waals surface area (Å²) in [6.07, 6.45) is 5.36. The minimum atomic E-state index is -0.847. The maximum atomic E-state index is 14.0. The van der Waals surface area contributed by atoms with Crippen molar-refractivity contribution in [2.24, 2.45) is 0 Å². The normalized spacial score (nSPS) is 15.0. The molecular weight excluding hydrogens is 308 g/mol. The van der Waals surface area contributed by atoms with Gasteiger partial charge in [0.05, 0.1) is 17.2 Å². The van der Waals surface area contributed by atoms with E-state index in [1.165, 1.54) is 12.5 Å². The summed E-state index contributed by atoms with van der Waals surface area (Å²) in [5, 5.41) is 0. The maximum absolute atomic E-state index is 14.0. The molecular formula is C19H17F2N3. The lowest BCUT2D eigenvalue weighted by atomic mass is 10.0. The fraction of sp³-hybridized carbons (Fsp3) is 0.263. The van der Waals surface area contributed by atoms with E-state index >= 15 is 0 Å². The van der Waals surface area contributed by atoms with Crippen molar-refractivity contribution in [3.05, 3.63) is 54.2 Å². The number of fused-ring (bicyclic) bond motifs is 1. The number of aromatic nitrogens is 2. The Morgan fingerprint density at radius 1 is 0.917 bits per heavy atom. The van der Waals surface area contributed by atoms with Crippen molar-refractivity contribution in [2.45, 2.75) is 19.3 Å². The Kier molecular flexibility index (Phi) is 3.84. The summed E-state index contributed by atoms with van der Waals surface area (Å²) in [6.45, 7) is 1.97. The Balaban J connectivity index is 1.77. The number of anilines is 1. The average molecular weight is 325 g/mol. The van der Waals surface area contributed by atoms with E-state index in [0.29, 0.717) is 11.1 Å². The standard InChI is InChI=1S/C19H17F2N3/c20-15-6-4-5-14(19(15)21)13-7-8-16-17(11-13)23-18(12-22-16)24-9-2-1-3-10-24/h4-8,11-12H,1-3,9-10H2. The summed E-state index contributed by atoms with van der Waals surface area (Å²) < 4.78 is 27.5. The Morgan fingerprint density at radius 2 is 1.75 bits per heavy atom. The third-order valence-electron chi connectivity index (χ3n) is 4.47. The van der Waals surface area contributed by atoms with Crippen LogP contribution in [0.3, 0.4) is 0 Å². The Labute approximate surface area is 139 Å². The molecule has 1 aliphatic heterocycles. The van der Waals surface area contributed by atoms with Crippen LogP contribution in [-0.2, 0) is 0 Å². The molecule has 2 heterocycles. The van der Waals surface area contributed by atoms with Gasteiger partial charge in [-0.15, -0.1) is 0 Å². The third-order valence-corrected chi connectivity index (χ3v) is 4.47. The Morgan fingerprint density at radius 3 is 2.58 bits per heavy atom. The SMILES string of the molecule is Fc1cccc(-c2ccc3ncc(N4CCCCC4)nc3c2)c1F. The molecule has 1 saturated heterocycles. The lowest BCUT2D eigenvalue weighted by molar-refractivity contribution is 0.511. The van der Waals surface area contributed by atoms with Crippen LogP contribution in [0, 0.1) is 11.6 Å². The summed E-state index contributed by atoms with van der Waals surface area (Å²) >= 11 is 0. The number of halogens is 2. The van der Waals surface area contributed by atoms with Crippen LogP contribution >= 0.6 is 0 Å². The van der Waals surface area contributed by atoms with E-state index in [1.807, 2.05) is 0 Å². The first kappa shape index (κ1) is 15.0. The molecule has 0 bridgehead atoms. The van der Waals surface area contributed by atoms with E-state index in [9.17, 15) is 8.78 Å². The number of benzene rings is 2. The van der Waals surface area contributed by atoms with Crippen molar-refractivity contribution in [1.29, 1.82) is 0 Å². The molecule has 5 heteroatoms. The van der Waals surface area contributed by atoms with Gasteiger partial charge >= 0.3 is 0 Å². The molecule has 0 aliphatic carbocycles. The molecule has 0 radical (unpaired) electrons. The second-order valence-corrected chi connectivity index (χ2v) is 6.08. The highest BCUT2D eigenvalue weighted by atomic mass is 19.2. The van der Waals surface area contributed by atoms with Crippen LogP contribution in [0.25, 0.3) is 22.2 Å². The van der Waals surface area contributed by atoms with Crippen LogP contribution in [0.1, 0.15) is 19.3 Å². The summed E-state index contributed by atoms with van der Waals surface area (Å²) in [5.74, 6) is -0.836. The quantitative estimate of drug-likeness (QED) is 0.691. The Bertz CT molecular complexity index is 889. The van der Waals surface area contributed by atoms with Gasteiger partial charge in [-0.05, 0) is 43.0 Å². The van der Waals surface area contributed by atoms with Crippen molar-refractivity contribution in [3.63, 3.8) is 0 Å². The fourth-order valence-electron chi connectivity index (χ4n) is 3.17. The van der Waals surface area contributed by atoms with Crippen LogP contribution in [0.5, 0.6) is 0 Å². The molecule has 3 nitrogen and oxygen atoms in total. The summed E-state index contributed by atoms with van der Waals surface area (Å²) in [7, 11) is 0. The van der Waals surface area contributed by atoms with Gasteiger partial charge in [-0.1, -0.05) is 18.2 Å². The molecule has 122 valence electrons. The molecule has 0 amide bonds. The minimum Gasteiger partial charge on any atom is -0.355 e. The van der Waals surface area contributed by atoms with Crippen LogP contribution in [0.4, 0.5) is 14.6 Å². The van der Waals surface area contributed by atoms with Crippen LogP contribution in [0.2, 0.25) is 0 Å². The summed E-state index contributed by atoms with van der Waals surface area (Å²) in [4.78, 5) is 11.4. The highest BCUT2D eigenvalue weighted by molar-refractivity contribution is 5.82. The maximum Gasteiger partial charge on any atom is 0.166 e. The van der Waals surface area contributed by atoms with Crippen molar-refractivity contribution in [2.75, 3.05) is 18.0 Å². The number of piperidine rings is 1. The van der Waals surface area contributed by atoms with E-state index in [2.05, 4.69) is 14.9 Å². The zero-order valence-electron chi connectivity index (χ0n) is 13.2. The molecule has 0 saturated carbocycles. The summed E-state index contributed by atoms with van der Waals surface area (Å²) in [6, 6.07) is 9.51. The topological polar surface area (TPSA) is 29.0 Å². The predicted molar refractivity (Wildman–Crippen MR) is 91.0 cm³/mol. The molecule has 1 aromatic heterocycles.